The van der Waals surface area contributed by atoms with Crippen molar-refractivity contribution in [3.8, 4) is 0 Å². The SMILES string of the molecule is CC1=CCN(C(=O)[C@@H](N)CCCc2ncn(C(c3ccccc3)(c3ccccc3)c3ccccc3)c2C)CC1. The molecule has 1 aromatic heterocycles. The van der Waals surface area contributed by atoms with Crippen molar-refractivity contribution in [3.63, 3.8) is 0 Å². The maximum Gasteiger partial charge on any atom is 0.239 e. The molecule has 2 N–H and O–H groups in total. The molecule has 5 nitrogen and oxygen atoms in total. The topological polar surface area (TPSA) is 64.2 Å². The molecule has 200 valence electrons. The summed E-state index contributed by atoms with van der Waals surface area (Å²) in [6, 6.07) is 31.5. The summed E-state index contributed by atoms with van der Waals surface area (Å²) in [5.41, 5.74) is 12.8. The minimum atomic E-state index is -0.578. The standard InChI is InChI=1S/C34H38N4O/c1-26-21-23-37(24-22-26)33(39)31(35)19-12-20-32-27(2)38(25-36-32)34(28-13-6-3-7-14-28,29-15-8-4-9-16-29)30-17-10-5-11-18-30/h3-11,13-18,21,25,31H,12,19-20,22-24,35H2,1-2H3/t31-/m0/s1. The first-order valence-electron chi connectivity index (χ1n) is 13.9. The van der Waals surface area contributed by atoms with Gasteiger partial charge in [-0.05, 0) is 56.2 Å². The minimum absolute atomic E-state index is 0.0530. The van der Waals surface area contributed by atoms with Crippen molar-refractivity contribution < 1.29 is 4.79 Å². The van der Waals surface area contributed by atoms with Gasteiger partial charge < -0.3 is 15.2 Å². The van der Waals surface area contributed by atoms with E-state index in [1.807, 2.05) is 11.2 Å². The van der Waals surface area contributed by atoms with E-state index in [4.69, 9.17) is 10.7 Å². The third kappa shape index (κ3) is 5.32. The van der Waals surface area contributed by atoms with Crippen molar-refractivity contribution in [3.05, 3.63) is 137 Å². The second-order valence-corrected chi connectivity index (χ2v) is 10.5. The highest BCUT2D eigenvalue weighted by molar-refractivity contribution is 5.82. The summed E-state index contributed by atoms with van der Waals surface area (Å²) in [4.78, 5) is 19.7. The maximum atomic E-state index is 12.9. The summed E-state index contributed by atoms with van der Waals surface area (Å²) in [6.07, 6.45) is 7.26. The molecule has 1 atom stereocenters. The van der Waals surface area contributed by atoms with Gasteiger partial charge in [0.15, 0.2) is 0 Å². The van der Waals surface area contributed by atoms with Crippen molar-refractivity contribution in [1.29, 1.82) is 0 Å². The third-order valence-electron chi connectivity index (χ3n) is 8.04. The second kappa shape index (κ2) is 11.8. The van der Waals surface area contributed by atoms with E-state index in [1.54, 1.807) is 0 Å². The fraction of sp³-hybridized carbons (Fsp3) is 0.294. The molecule has 0 unspecified atom stereocenters. The number of aromatic nitrogens is 2. The number of carbonyl (C=O) groups excluding carboxylic acids is 1. The van der Waals surface area contributed by atoms with E-state index in [0.717, 1.165) is 37.2 Å². The van der Waals surface area contributed by atoms with Crippen LogP contribution in [0.5, 0.6) is 0 Å². The molecule has 2 heterocycles. The molecule has 0 bridgehead atoms. The van der Waals surface area contributed by atoms with E-state index >= 15 is 0 Å². The molecule has 39 heavy (non-hydrogen) atoms. The Labute approximate surface area is 232 Å². The van der Waals surface area contributed by atoms with Crippen LogP contribution < -0.4 is 5.73 Å². The van der Waals surface area contributed by atoms with Crippen LogP contribution in [0, 0.1) is 6.92 Å². The van der Waals surface area contributed by atoms with Crippen molar-refractivity contribution >= 4 is 5.91 Å². The van der Waals surface area contributed by atoms with Gasteiger partial charge in [-0.25, -0.2) is 4.98 Å². The van der Waals surface area contributed by atoms with Crippen molar-refractivity contribution in [1.82, 2.24) is 14.5 Å². The number of rotatable bonds is 9. The molecule has 1 amide bonds. The molecule has 1 aliphatic rings. The van der Waals surface area contributed by atoms with Crippen LogP contribution in [0.25, 0.3) is 0 Å². The fourth-order valence-corrected chi connectivity index (χ4v) is 5.80. The predicted octanol–water partition coefficient (Wildman–Crippen LogP) is 5.86. The summed E-state index contributed by atoms with van der Waals surface area (Å²) in [5.74, 6) is 0.0530. The summed E-state index contributed by atoms with van der Waals surface area (Å²) in [6.45, 7) is 5.70. The Bertz CT molecular complexity index is 1310. The van der Waals surface area contributed by atoms with Gasteiger partial charge in [0.05, 0.1) is 18.1 Å². The molecule has 5 heteroatoms. The summed E-state index contributed by atoms with van der Waals surface area (Å²) >= 11 is 0. The molecule has 0 radical (unpaired) electrons. The lowest BCUT2D eigenvalue weighted by Gasteiger charge is -2.38. The van der Waals surface area contributed by atoms with Gasteiger partial charge in [0.1, 0.15) is 5.54 Å². The fourth-order valence-electron chi connectivity index (χ4n) is 5.80. The highest BCUT2D eigenvalue weighted by Gasteiger charge is 2.39. The molecular formula is C34H38N4O. The van der Waals surface area contributed by atoms with Gasteiger partial charge in [0, 0.05) is 18.8 Å². The number of amides is 1. The third-order valence-corrected chi connectivity index (χ3v) is 8.04. The lowest BCUT2D eigenvalue weighted by atomic mass is 9.76. The van der Waals surface area contributed by atoms with E-state index < -0.39 is 11.6 Å². The van der Waals surface area contributed by atoms with E-state index in [9.17, 15) is 4.79 Å². The van der Waals surface area contributed by atoms with Crippen molar-refractivity contribution in [2.24, 2.45) is 5.73 Å². The molecule has 0 saturated heterocycles. The summed E-state index contributed by atoms with van der Waals surface area (Å²) in [5, 5.41) is 0. The number of nitrogens with two attached hydrogens (primary N) is 1. The molecule has 0 saturated carbocycles. The van der Waals surface area contributed by atoms with E-state index in [-0.39, 0.29) is 5.91 Å². The maximum absolute atomic E-state index is 12.9. The minimum Gasteiger partial charge on any atom is -0.337 e. The van der Waals surface area contributed by atoms with E-state index in [1.165, 1.54) is 22.3 Å². The van der Waals surface area contributed by atoms with E-state index in [2.05, 4.69) is 115 Å². The highest BCUT2D eigenvalue weighted by atomic mass is 16.2. The number of imidazole rings is 1. The predicted molar refractivity (Wildman–Crippen MR) is 157 cm³/mol. The van der Waals surface area contributed by atoms with Gasteiger partial charge >= 0.3 is 0 Å². The lowest BCUT2D eigenvalue weighted by Crippen LogP contribution is -2.45. The van der Waals surface area contributed by atoms with Gasteiger partial charge in [0.2, 0.25) is 5.91 Å². The second-order valence-electron chi connectivity index (χ2n) is 10.5. The molecule has 0 fully saturated rings. The van der Waals surface area contributed by atoms with Gasteiger partial charge in [-0.1, -0.05) is 103 Å². The zero-order chi connectivity index (χ0) is 27.2. The molecule has 1 aliphatic heterocycles. The smallest absolute Gasteiger partial charge is 0.239 e. The van der Waals surface area contributed by atoms with Crippen LogP contribution in [-0.4, -0.2) is 39.5 Å². The first-order chi connectivity index (χ1) is 19.0. The van der Waals surface area contributed by atoms with Crippen LogP contribution in [0.2, 0.25) is 0 Å². The van der Waals surface area contributed by atoms with Crippen LogP contribution in [0.15, 0.2) is 109 Å². The average molecular weight is 519 g/mol. The molecule has 0 spiro atoms. The van der Waals surface area contributed by atoms with E-state index in [0.29, 0.717) is 13.0 Å². The highest BCUT2D eigenvalue weighted by Crippen LogP contribution is 2.41. The van der Waals surface area contributed by atoms with Gasteiger partial charge in [-0.2, -0.15) is 0 Å². The van der Waals surface area contributed by atoms with Crippen molar-refractivity contribution in [2.75, 3.05) is 13.1 Å². The Hall–Kier alpha value is -3.96. The Morgan fingerprint density at radius 1 is 0.897 bits per heavy atom. The Kier molecular flexibility index (Phi) is 8.08. The molecular weight excluding hydrogens is 480 g/mol. The van der Waals surface area contributed by atoms with Gasteiger partial charge in [0.25, 0.3) is 0 Å². The van der Waals surface area contributed by atoms with Crippen LogP contribution in [0.3, 0.4) is 0 Å². The quantitative estimate of drug-likeness (QED) is 0.223. The molecule has 3 aromatic carbocycles. The van der Waals surface area contributed by atoms with Crippen LogP contribution in [-0.2, 0) is 16.8 Å². The Balaban J connectivity index is 1.44. The van der Waals surface area contributed by atoms with Gasteiger partial charge in [-0.3, -0.25) is 4.79 Å². The van der Waals surface area contributed by atoms with Crippen LogP contribution in [0.1, 0.15) is 54.3 Å². The number of hydrogen-bond acceptors (Lipinski definition) is 3. The summed E-state index contributed by atoms with van der Waals surface area (Å²) < 4.78 is 2.32. The normalized spacial score (nSPS) is 14.6. The Morgan fingerprint density at radius 2 is 1.44 bits per heavy atom. The van der Waals surface area contributed by atoms with Gasteiger partial charge in [-0.15, -0.1) is 0 Å². The lowest BCUT2D eigenvalue weighted by molar-refractivity contribution is -0.132. The first kappa shape index (κ1) is 26.6. The molecule has 4 aromatic rings. The number of hydrogen-bond donors (Lipinski definition) is 1. The number of benzene rings is 3. The molecule has 0 aliphatic carbocycles. The first-order valence-corrected chi connectivity index (χ1v) is 13.9. The Morgan fingerprint density at radius 3 is 1.92 bits per heavy atom. The largest absolute Gasteiger partial charge is 0.337 e. The van der Waals surface area contributed by atoms with Crippen LogP contribution >= 0.6 is 0 Å². The van der Waals surface area contributed by atoms with Crippen molar-refractivity contribution in [2.45, 2.75) is 51.1 Å². The van der Waals surface area contributed by atoms with Crippen LogP contribution in [0.4, 0.5) is 0 Å². The average Bonchev–Trinajstić information content (AvgIpc) is 3.35. The number of nitrogens with zero attached hydrogens (tertiary/aromatic N) is 3. The zero-order valence-electron chi connectivity index (χ0n) is 23.0. The number of carbonyl (C=O) groups is 1. The summed E-state index contributed by atoms with van der Waals surface area (Å²) in [7, 11) is 0. The number of aryl methyl sites for hydroxylation is 1. The monoisotopic (exact) mass is 518 g/mol. The molecule has 5 rings (SSSR count). The zero-order valence-corrected chi connectivity index (χ0v) is 23.0.